The molecular weight excluding hydrogens is 205 g/mol. The second kappa shape index (κ2) is 4.50. The number of aldehydes is 1. The summed E-state index contributed by atoms with van der Waals surface area (Å²) in [5, 5.41) is 10.6. The van der Waals surface area contributed by atoms with Crippen LogP contribution in [0.4, 0.5) is 10.1 Å². The Labute approximate surface area is 84.6 Å². The van der Waals surface area contributed by atoms with Crippen LogP contribution in [0.25, 0.3) is 0 Å². The van der Waals surface area contributed by atoms with Gasteiger partial charge in [-0.05, 0) is 0 Å². The van der Waals surface area contributed by atoms with Gasteiger partial charge in [-0.15, -0.1) is 0 Å². The van der Waals surface area contributed by atoms with Crippen molar-refractivity contribution in [2.75, 3.05) is 7.11 Å². The molecule has 0 unspecified atom stereocenters. The van der Waals surface area contributed by atoms with Gasteiger partial charge in [-0.3, -0.25) is 10.1 Å². The number of rotatable bonds is 4. The van der Waals surface area contributed by atoms with E-state index in [1.807, 2.05) is 0 Å². The first-order valence-corrected chi connectivity index (χ1v) is 4.04. The summed E-state index contributed by atoms with van der Waals surface area (Å²) in [4.78, 5) is 20.1. The molecule has 80 valence electrons. The molecule has 0 bridgehead atoms. The summed E-state index contributed by atoms with van der Waals surface area (Å²) in [5.74, 6) is -0.850. The zero-order valence-corrected chi connectivity index (χ0v) is 7.90. The SMILES string of the molecule is COc1cc(F)c(CC=O)cc1[N+](=O)[O-]. The van der Waals surface area contributed by atoms with E-state index in [4.69, 9.17) is 0 Å². The number of ether oxygens (including phenoxy) is 1. The van der Waals surface area contributed by atoms with Crippen LogP contribution in [0.3, 0.4) is 0 Å². The number of nitrogens with zero attached hydrogens (tertiary/aromatic N) is 1. The van der Waals surface area contributed by atoms with Crippen LogP contribution in [0.1, 0.15) is 5.56 Å². The minimum Gasteiger partial charge on any atom is -0.490 e. The van der Waals surface area contributed by atoms with Crippen molar-refractivity contribution in [3.63, 3.8) is 0 Å². The fourth-order valence-corrected chi connectivity index (χ4v) is 1.14. The Morgan fingerprint density at radius 2 is 2.27 bits per heavy atom. The van der Waals surface area contributed by atoms with Gasteiger partial charge in [-0.25, -0.2) is 4.39 Å². The molecule has 0 aliphatic carbocycles. The Morgan fingerprint density at radius 1 is 1.60 bits per heavy atom. The van der Waals surface area contributed by atoms with Gasteiger partial charge in [0.25, 0.3) is 0 Å². The molecule has 0 radical (unpaired) electrons. The van der Waals surface area contributed by atoms with Crippen LogP contribution in [-0.4, -0.2) is 18.3 Å². The number of hydrogen-bond donors (Lipinski definition) is 0. The molecule has 0 fully saturated rings. The number of methoxy groups -OCH3 is 1. The van der Waals surface area contributed by atoms with Crippen LogP contribution < -0.4 is 4.74 Å². The quantitative estimate of drug-likeness (QED) is 0.431. The molecule has 6 heteroatoms. The van der Waals surface area contributed by atoms with Gasteiger partial charge in [0.1, 0.15) is 12.1 Å². The highest BCUT2D eigenvalue weighted by atomic mass is 19.1. The molecule has 0 aromatic heterocycles. The topological polar surface area (TPSA) is 69.4 Å². The molecule has 0 N–H and O–H groups in total. The fourth-order valence-electron chi connectivity index (χ4n) is 1.14. The van der Waals surface area contributed by atoms with Gasteiger partial charge in [-0.2, -0.15) is 0 Å². The number of carbonyl (C=O) groups excluding carboxylic acids is 1. The van der Waals surface area contributed by atoms with Crippen molar-refractivity contribution >= 4 is 12.0 Å². The fraction of sp³-hybridized carbons (Fsp3) is 0.222. The van der Waals surface area contributed by atoms with Gasteiger partial charge in [0, 0.05) is 24.1 Å². The molecule has 1 aromatic rings. The molecule has 0 aliphatic rings. The minimum absolute atomic E-state index is 0.0162. The summed E-state index contributed by atoms with van der Waals surface area (Å²) >= 11 is 0. The van der Waals surface area contributed by atoms with Crippen LogP contribution >= 0.6 is 0 Å². The summed E-state index contributed by atoms with van der Waals surface area (Å²) in [6.07, 6.45) is 0.283. The molecule has 1 rings (SSSR count). The van der Waals surface area contributed by atoms with E-state index in [9.17, 15) is 19.3 Å². The molecule has 0 aliphatic heterocycles. The molecule has 0 saturated heterocycles. The zero-order chi connectivity index (χ0) is 11.4. The third-order valence-corrected chi connectivity index (χ3v) is 1.85. The number of hydrogen-bond acceptors (Lipinski definition) is 4. The average molecular weight is 213 g/mol. The smallest absolute Gasteiger partial charge is 0.311 e. The van der Waals surface area contributed by atoms with Gasteiger partial charge in [0.2, 0.25) is 0 Å². The highest BCUT2D eigenvalue weighted by molar-refractivity contribution is 5.58. The zero-order valence-electron chi connectivity index (χ0n) is 7.90. The van der Waals surface area contributed by atoms with Crippen LogP contribution in [0.2, 0.25) is 0 Å². The van der Waals surface area contributed by atoms with E-state index >= 15 is 0 Å². The number of halogens is 1. The summed E-state index contributed by atoms with van der Waals surface area (Å²) in [6.45, 7) is 0. The lowest BCUT2D eigenvalue weighted by Crippen LogP contribution is -1.99. The summed E-state index contributed by atoms with van der Waals surface area (Å²) < 4.78 is 17.9. The lowest BCUT2D eigenvalue weighted by Gasteiger charge is -2.04. The van der Waals surface area contributed by atoms with Crippen LogP contribution in [0.15, 0.2) is 12.1 Å². The Hall–Kier alpha value is -1.98. The van der Waals surface area contributed by atoms with E-state index in [0.29, 0.717) is 6.29 Å². The second-order valence-corrected chi connectivity index (χ2v) is 2.74. The number of benzene rings is 1. The van der Waals surface area contributed by atoms with E-state index in [0.717, 1.165) is 12.1 Å². The third kappa shape index (κ3) is 2.28. The lowest BCUT2D eigenvalue weighted by atomic mass is 10.1. The molecule has 0 heterocycles. The molecule has 1 aromatic carbocycles. The maximum Gasteiger partial charge on any atom is 0.311 e. The minimum atomic E-state index is -0.690. The predicted octanol–water partition coefficient (Wildman–Crippen LogP) is 1.48. The third-order valence-electron chi connectivity index (χ3n) is 1.85. The highest BCUT2D eigenvalue weighted by Crippen LogP contribution is 2.29. The molecule has 15 heavy (non-hydrogen) atoms. The Balaban J connectivity index is 3.29. The van der Waals surface area contributed by atoms with Crippen LogP contribution in [0.5, 0.6) is 5.75 Å². The number of nitro groups is 1. The van der Waals surface area contributed by atoms with Crippen molar-refractivity contribution in [3.8, 4) is 5.75 Å². The normalized spacial score (nSPS) is 9.73. The van der Waals surface area contributed by atoms with Gasteiger partial charge in [-0.1, -0.05) is 0 Å². The maximum absolute atomic E-state index is 13.2. The van der Waals surface area contributed by atoms with E-state index in [1.165, 1.54) is 7.11 Å². The molecule has 0 atom stereocenters. The van der Waals surface area contributed by atoms with Gasteiger partial charge in [0.15, 0.2) is 5.75 Å². The average Bonchev–Trinajstić information content (AvgIpc) is 2.20. The van der Waals surface area contributed by atoms with Crippen molar-refractivity contribution in [2.45, 2.75) is 6.42 Å². The van der Waals surface area contributed by atoms with Crippen LogP contribution in [0, 0.1) is 15.9 Å². The van der Waals surface area contributed by atoms with E-state index < -0.39 is 10.7 Å². The number of carbonyl (C=O) groups is 1. The Morgan fingerprint density at radius 3 is 2.73 bits per heavy atom. The van der Waals surface area contributed by atoms with E-state index in [-0.39, 0.29) is 23.4 Å². The summed E-state index contributed by atoms with van der Waals surface area (Å²) in [5.41, 5.74) is -0.367. The maximum atomic E-state index is 13.2. The Kier molecular flexibility index (Phi) is 3.33. The second-order valence-electron chi connectivity index (χ2n) is 2.74. The van der Waals surface area contributed by atoms with Crippen molar-refractivity contribution in [1.29, 1.82) is 0 Å². The molecular formula is C9H8FNO4. The molecule has 0 amide bonds. The monoisotopic (exact) mass is 213 g/mol. The van der Waals surface area contributed by atoms with Gasteiger partial charge < -0.3 is 9.53 Å². The van der Waals surface area contributed by atoms with Crippen molar-refractivity contribution in [3.05, 3.63) is 33.6 Å². The van der Waals surface area contributed by atoms with E-state index in [2.05, 4.69) is 4.74 Å². The lowest BCUT2D eigenvalue weighted by molar-refractivity contribution is -0.385. The van der Waals surface area contributed by atoms with Crippen molar-refractivity contribution in [1.82, 2.24) is 0 Å². The first kappa shape index (κ1) is 11.1. The highest BCUT2D eigenvalue weighted by Gasteiger charge is 2.18. The Bertz CT molecular complexity index is 405. The van der Waals surface area contributed by atoms with Crippen molar-refractivity contribution < 1.29 is 18.8 Å². The van der Waals surface area contributed by atoms with Gasteiger partial charge >= 0.3 is 5.69 Å². The first-order valence-electron chi connectivity index (χ1n) is 4.04. The summed E-state index contributed by atoms with van der Waals surface area (Å²) in [6, 6.07) is 1.90. The van der Waals surface area contributed by atoms with E-state index in [1.54, 1.807) is 0 Å². The predicted molar refractivity (Wildman–Crippen MR) is 49.4 cm³/mol. The van der Waals surface area contributed by atoms with Crippen LogP contribution in [-0.2, 0) is 11.2 Å². The summed E-state index contributed by atoms with van der Waals surface area (Å²) in [7, 11) is 1.21. The standard InChI is InChI=1S/C9H8FNO4/c1-15-9-5-7(10)6(2-3-12)4-8(9)11(13)14/h3-5H,2H2,1H3. The molecule has 0 spiro atoms. The van der Waals surface area contributed by atoms with Gasteiger partial charge in [0.05, 0.1) is 12.0 Å². The van der Waals surface area contributed by atoms with Crippen molar-refractivity contribution in [2.24, 2.45) is 0 Å². The number of nitro benzene ring substituents is 1. The molecule has 0 saturated carbocycles. The first-order chi connectivity index (χ1) is 7.10. The largest absolute Gasteiger partial charge is 0.490 e. The molecule has 5 nitrogen and oxygen atoms in total.